The van der Waals surface area contributed by atoms with Gasteiger partial charge in [0.05, 0.1) is 0 Å². The van der Waals surface area contributed by atoms with Crippen LogP contribution in [0.5, 0.6) is 0 Å². The average Bonchev–Trinajstić information content (AvgIpc) is 3.17. The third-order valence-corrected chi connectivity index (χ3v) is 8.01. The van der Waals surface area contributed by atoms with Gasteiger partial charge in [-0.1, -0.05) is 12.8 Å². The lowest BCUT2D eigenvalue weighted by Crippen LogP contribution is -2.39. The molecule has 1 saturated heterocycles. The number of hydrogen-bond acceptors (Lipinski definition) is 4. The predicted octanol–water partition coefficient (Wildman–Crippen LogP) is 2.55. The van der Waals surface area contributed by atoms with E-state index in [1.54, 1.807) is 10.4 Å². The first-order valence-corrected chi connectivity index (χ1v) is 9.74. The second-order valence-corrected chi connectivity index (χ2v) is 8.88. The summed E-state index contributed by atoms with van der Waals surface area (Å²) in [7, 11) is -3.32. The highest BCUT2D eigenvalue weighted by atomic mass is 32.2. The van der Waals surface area contributed by atoms with E-state index in [-0.39, 0.29) is 6.04 Å². The first-order valence-electron chi connectivity index (χ1n) is 7.42. The van der Waals surface area contributed by atoms with Crippen LogP contribution < -0.4 is 5.73 Å². The van der Waals surface area contributed by atoms with Gasteiger partial charge in [-0.15, -0.1) is 11.3 Å². The van der Waals surface area contributed by atoms with E-state index in [1.807, 2.05) is 5.38 Å². The van der Waals surface area contributed by atoms with Crippen LogP contribution in [0.1, 0.15) is 44.1 Å². The Morgan fingerprint density at radius 2 is 2.00 bits per heavy atom. The molecule has 1 atom stereocenters. The Balaban J connectivity index is 1.85. The zero-order valence-electron chi connectivity index (χ0n) is 11.6. The van der Waals surface area contributed by atoms with Crippen molar-refractivity contribution in [3.63, 3.8) is 0 Å². The maximum atomic E-state index is 12.8. The van der Waals surface area contributed by atoms with E-state index in [2.05, 4.69) is 0 Å². The second-order valence-electron chi connectivity index (χ2n) is 5.85. The van der Waals surface area contributed by atoms with Crippen LogP contribution in [-0.2, 0) is 16.6 Å². The van der Waals surface area contributed by atoms with Crippen LogP contribution in [0.15, 0.2) is 15.7 Å². The summed E-state index contributed by atoms with van der Waals surface area (Å²) in [5.41, 5.74) is 6.49. The molecule has 2 heterocycles. The van der Waals surface area contributed by atoms with E-state index in [0.717, 1.165) is 18.4 Å². The largest absolute Gasteiger partial charge is 0.326 e. The summed E-state index contributed by atoms with van der Waals surface area (Å²) >= 11 is 1.30. The van der Waals surface area contributed by atoms with Gasteiger partial charge in [-0.05, 0) is 48.6 Å². The first kappa shape index (κ1) is 14.5. The third-order valence-electron chi connectivity index (χ3n) is 4.62. The number of nitrogens with zero attached hydrogens (tertiary/aromatic N) is 1. The van der Waals surface area contributed by atoms with E-state index in [4.69, 9.17) is 5.73 Å². The molecule has 0 bridgehead atoms. The van der Waals surface area contributed by atoms with Crippen molar-refractivity contribution in [1.29, 1.82) is 0 Å². The van der Waals surface area contributed by atoms with Gasteiger partial charge in [0.1, 0.15) is 4.21 Å². The molecule has 3 rings (SSSR count). The lowest BCUT2D eigenvalue weighted by atomic mass is 9.97. The molecule has 112 valence electrons. The van der Waals surface area contributed by atoms with Crippen LogP contribution >= 0.6 is 11.3 Å². The lowest BCUT2D eigenvalue weighted by Gasteiger charge is -2.28. The highest BCUT2D eigenvalue weighted by Gasteiger charge is 2.40. The van der Waals surface area contributed by atoms with Crippen molar-refractivity contribution in [3.8, 4) is 0 Å². The fraction of sp³-hybridized carbons (Fsp3) is 0.714. The number of hydrogen-bond donors (Lipinski definition) is 1. The Hall–Kier alpha value is -0.430. The molecule has 6 heteroatoms. The smallest absolute Gasteiger partial charge is 0.252 e. The second kappa shape index (κ2) is 5.75. The van der Waals surface area contributed by atoms with Gasteiger partial charge >= 0.3 is 0 Å². The molecule has 0 amide bonds. The van der Waals surface area contributed by atoms with Crippen LogP contribution in [-0.4, -0.2) is 25.3 Å². The molecule has 0 radical (unpaired) electrons. The standard InChI is InChI=1S/C14H22N2O2S2/c15-9-11-8-14(19-10-11)20(17,18)16-7-3-6-13(16)12-4-1-2-5-12/h8,10,12-13H,1-7,9,15H2. The molecule has 1 aliphatic heterocycles. The molecule has 20 heavy (non-hydrogen) atoms. The van der Waals surface area contributed by atoms with Gasteiger partial charge in [0.25, 0.3) is 10.0 Å². The van der Waals surface area contributed by atoms with Crippen molar-refractivity contribution in [2.45, 2.75) is 55.3 Å². The molecule has 1 aliphatic carbocycles. The Labute approximate surface area is 125 Å². The number of rotatable bonds is 4. The summed E-state index contributed by atoms with van der Waals surface area (Å²) in [4.78, 5) is 0. The van der Waals surface area contributed by atoms with Crippen molar-refractivity contribution < 1.29 is 8.42 Å². The van der Waals surface area contributed by atoms with Crippen LogP contribution in [0.4, 0.5) is 0 Å². The third kappa shape index (κ3) is 2.54. The van der Waals surface area contributed by atoms with Crippen molar-refractivity contribution in [1.82, 2.24) is 4.31 Å². The van der Waals surface area contributed by atoms with Crippen molar-refractivity contribution >= 4 is 21.4 Å². The molecule has 1 unspecified atom stereocenters. The Morgan fingerprint density at radius 3 is 2.65 bits per heavy atom. The van der Waals surface area contributed by atoms with Gasteiger partial charge in [-0.2, -0.15) is 4.31 Å². The van der Waals surface area contributed by atoms with E-state index in [9.17, 15) is 8.42 Å². The average molecular weight is 314 g/mol. The van der Waals surface area contributed by atoms with Gasteiger partial charge in [0.2, 0.25) is 0 Å². The first-order chi connectivity index (χ1) is 9.63. The minimum atomic E-state index is -3.32. The fourth-order valence-corrected chi connectivity index (χ4v) is 6.69. The molecule has 0 aromatic carbocycles. The van der Waals surface area contributed by atoms with Crippen LogP contribution in [0, 0.1) is 5.92 Å². The Kier molecular flexibility index (Phi) is 4.17. The molecule has 2 N–H and O–H groups in total. The lowest BCUT2D eigenvalue weighted by molar-refractivity contribution is 0.289. The summed E-state index contributed by atoms with van der Waals surface area (Å²) in [5.74, 6) is 0.571. The van der Waals surface area contributed by atoms with Crippen LogP contribution in [0.25, 0.3) is 0 Å². The fourth-order valence-electron chi connectivity index (χ4n) is 3.59. The van der Waals surface area contributed by atoms with Crippen molar-refractivity contribution in [2.24, 2.45) is 11.7 Å². The molecule has 0 spiro atoms. The minimum absolute atomic E-state index is 0.228. The zero-order chi connectivity index (χ0) is 14.2. The van der Waals surface area contributed by atoms with Gasteiger partial charge < -0.3 is 5.73 Å². The van der Waals surface area contributed by atoms with E-state index in [1.165, 1.54) is 37.0 Å². The maximum Gasteiger partial charge on any atom is 0.252 e. The quantitative estimate of drug-likeness (QED) is 0.929. The Bertz CT molecular complexity index is 561. The summed E-state index contributed by atoms with van der Waals surface area (Å²) < 4.78 is 27.9. The SMILES string of the molecule is NCc1csc(S(=O)(=O)N2CCCC2C2CCCC2)c1. The molecule has 2 fully saturated rings. The molecule has 1 aromatic heterocycles. The summed E-state index contributed by atoms with van der Waals surface area (Å²) in [6, 6.07) is 1.97. The zero-order valence-corrected chi connectivity index (χ0v) is 13.3. The van der Waals surface area contributed by atoms with Crippen LogP contribution in [0.3, 0.4) is 0 Å². The molecule has 1 saturated carbocycles. The number of sulfonamides is 1. The van der Waals surface area contributed by atoms with E-state index >= 15 is 0 Å². The van der Waals surface area contributed by atoms with Crippen molar-refractivity contribution in [3.05, 3.63) is 17.0 Å². The van der Waals surface area contributed by atoms with Gasteiger partial charge in [0.15, 0.2) is 0 Å². The number of nitrogens with two attached hydrogens (primary N) is 1. The maximum absolute atomic E-state index is 12.8. The molecule has 2 aliphatic rings. The molecule has 1 aromatic rings. The summed E-state index contributed by atoms with van der Waals surface area (Å²) in [6.07, 6.45) is 6.91. The highest BCUT2D eigenvalue weighted by Crippen LogP contribution is 2.38. The summed E-state index contributed by atoms with van der Waals surface area (Å²) in [5, 5.41) is 1.85. The molecular formula is C14H22N2O2S2. The number of thiophene rings is 1. The molecular weight excluding hydrogens is 292 g/mol. The topological polar surface area (TPSA) is 63.4 Å². The van der Waals surface area contributed by atoms with Gasteiger partial charge in [-0.3, -0.25) is 0 Å². The minimum Gasteiger partial charge on any atom is -0.326 e. The summed E-state index contributed by atoms with van der Waals surface area (Å²) in [6.45, 7) is 1.08. The van der Waals surface area contributed by atoms with Crippen LogP contribution in [0.2, 0.25) is 0 Å². The highest BCUT2D eigenvalue weighted by molar-refractivity contribution is 7.91. The monoisotopic (exact) mass is 314 g/mol. The van der Waals surface area contributed by atoms with E-state index < -0.39 is 10.0 Å². The van der Waals surface area contributed by atoms with Crippen molar-refractivity contribution in [2.75, 3.05) is 6.54 Å². The van der Waals surface area contributed by atoms with E-state index in [0.29, 0.717) is 23.2 Å². The molecule has 4 nitrogen and oxygen atoms in total. The predicted molar refractivity (Wildman–Crippen MR) is 81.1 cm³/mol. The normalized spacial score (nSPS) is 25.6. The Morgan fingerprint density at radius 1 is 1.25 bits per heavy atom. The van der Waals surface area contributed by atoms with Gasteiger partial charge in [-0.25, -0.2) is 8.42 Å². The van der Waals surface area contributed by atoms with Gasteiger partial charge in [0, 0.05) is 19.1 Å².